The van der Waals surface area contributed by atoms with Gasteiger partial charge in [-0.3, -0.25) is 4.79 Å². The van der Waals surface area contributed by atoms with Gasteiger partial charge in [0.05, 0.1) is 0 Å². The van der Waals surface area contributed by atoms with E-state index in [1.807, 2.05) is 29.2 Å². The first kappa shape index (κ1) is 13.6. The van der Waals surface area contributed by atoms with Crippen molar-refractivity contribution in [1.82, 2.24) is 4.90 Å². The Hall–Kier alpha value is -0.840. The maximum atomic E-state index is 12.1. The Morgan fingerprint density at radius 2 is 1.78 bits per heavy atom. The van der Waals surface area contributed by atoms with Crippen molar-refractivity contribution < 1.29 is 4.79 Å². The molecule has 1 aromatic rings. The van der Waals surface area contributed by atoms with E-state index in [2.05, 4.69) is 28.7 Å². The summed E-state index contributed by atoms with van der Waals surface area (Å²) in [5.74, 6) is 0.150. The van der Waals surface area contributed by atoms with Crippen LogP contribution in [-0.4, -0.2) is 23.9 Å². The molecule has 0 bridgehead atoms. The topological polar surface area (TPSA) is 20.3 Å². The number of hydrogen-bond acceptors (Lipinski definition) is 1. The average Bonchev–Trinajstić information content (AvgIpc) is 2.66. The number of likely N-dealkylation sites (tertiary alicyclic amines) is 1. The van der Waals surface area contributed by atoms with E-state index in [4.69, 9.17) is 0 Å². The van der Waals surface area contributed by atoms with E-state index in [-0.39, 0.29) is 5.91 Å². The normalized spacial score (nSPS) is 16.8. The van der Waals surface area contributed by atoms with E-state index in [0.717, 1.165) is 31.5 Å². The molecular weight excluding hydrogens is 337 g/mol. The maximum absolute atomic E-state index is 12.1. The Kier molecular flexibility index (Phi) is 5.23. The Balaban J connectivity index is 2.00. The molecule has 1 aliphatic heterocycles. The lowest BCUT2D eigenvalue weighted by molar-refractivity contribution is -0.125. The third kappa shape index (κ3) is 3.83. The molecule has 0 N–H and O–H groups in total. The maximum Gasteiger partial charge on any atom is 0.246 e. The molecule has 0 radical (unpaired) electrons. The van der Waals surface area contributed by atoms with Gasteiger partial charge in [-0.05, 0) is 53.1 Å². The summed E-state index contributed by atoms with van der Waals surface area (Å²) in [5, 5.41) is 0. The number of hydrogen-bond donors (Lipinski definition) is 0. The highest BCUT2D eigenvalue weighted by Gasteiger charge is 2.12. The van der Waals surface area contributed by atoms with Crippen LogP contribution in [0.1, 0.15) is 31.2 Å². The Morgan fingerprint density at radius 1 is 1.11 bits per heavy atom. The number of rotatable bonds is 2. The van der Waals surface area contributed by atoms with Crippen molar-refractivity contribution in [1.29, 1.82) is 0 Å². The largest absolute Gasteiger partial charge is 0.339 e. The van der Waals surface area contributed by atoms with Crippen LogP contribution in [0.15, 0.2) is 30.3 Å². The predicted octanol–water partition coefficient (Wildman–Crippen LogP) is 3.71. The lowest BCUT2D eigenvalue weighted by Gasteiger charge is -2.17. The molecule has 96 valence electrons. The zero-order valence-corrected chi connectivity index (χ0v) is 12.6. The highest BCUT2D eigenvalue weighted by atomic mass is 127. The molecule has 2 nitrogen and oxygen atoms in total. The fourth-order valence-corrected chi connectivity index (χ4v) is 2.73. The second-order valence-electron chi connectivity index (χ2n) is 4.59. The molecule has 0 saturated carbocycles. The second-order valence-corrected chi connectivity index (χ2v) is 5.76. The molecule has 1 aliphatic rings. The minimum Gasteiger partial charge on any atom is -0.339 e. The molecule has 0 unspecified atom stereocenters. The third-order valence-electron chi connectivity index (χ3n) is 3.23. The summed E-state index contributed by atoms with van der Waals surface area (Å²) < 4.78 is 1.18. The lowest BCUT2D eigenvalue weighted by Crippen LogP contribution is -2.30. The number of benzene rings is 1. The number of carbonyl (C=O) groups excluding carboxylic acids is 1. The molecule has 18 heavy (non-hydrogen) atoms. The monoisotopic (exact) mass is 355 g/mol. The highest BCUT2D eigenvalue weighted by Crippen LogP contribution is 2.14. The van der Waals surface area contributed by atoms with E-state index in [1.165, 1.54) is 16.4 Å². The summed E-state index contributed by atoms with van der Waals surface area (Å²) in [6.45, 7) is 1.82. The van der Waals surface area contributed by atoms with Gasteiger partial charge < -0.3 is 4.90 Å². The summed E-state index contributed by atoms with van der Waals surface area (Å²) in [7, 11) is 0. The van der Waals surface area contributed by atoms with Gasteiger partial charge >= 0.3 is 0 Å². The van der Waals surface area contributed by atoms with E-state index in [1.54, 1.807) is 6.08 Å². The van der Waals surface area contributed by atoms with Gasteiger partial charge in [0, 0.05) is 22.7 Å². The summed E-state index contributed by atoms with van der Waals surface area (Å²) in [5.41, 5.74) is 1.11. The van der Waals surface area contributed by atoms with E-state index in [9.17, 15) is 4.79 Å². The first-order valence-corrected chi connectivity index (χ1v) is 7.57. The van der Waals surface area contributed by atoms with Crippen molar-refractivity contribution in [3.05, 3.63) is 39.5 Å². The molecule has 1 fully saturated rings. The molecule has 1 saturated heterocycles. The Bertz CT molecular complexity index is 434. The molecule has 3 heteroatoms. The Labute approximate surface area is 122 Å². The van der Waals surface area contributed by atoms with Crippen LogP contribution in [0.3, 0.4) is 0 Å². The van der Waals surface area contributed by atoms with Crippen LogP contribution in [0.25, 0.3) is 6.08 Å². The number of amides is 1. The van der Waals surface area contributed by atoms with Crippen molar-refractivity contribution in [2.45, 2.75) is 25.7 Å². The van der Waals surface area contributed by atoms with Crippen LogP contribution >= 0.6 is 22.6 Å². The minimum atomic E-state index is 0.150. The summed E-state index contributed by atoms with van der Waals surface area (Å²) >= 11 is 2.29. The van der Waals surface area contributed by atoms with Crippen molar-refractivity contribution >= 4 is 34.6 Å². The summed E-state index contributed by atoms with van der Waals surface area (Å²) in [6.07, 6.45) is 8.43. The first-order chi connectivity index (χ1) is 8.77. The van der Waals surface area contributed by atoms with E-state index >= 15 is 0 Å². The number of nitrogens with zero attached hydrogens (tertiary/aromatic N) is 1. The predicted molar refractivity (Wildman–Crippen MR) is 83.2 cm³/mol. The van der Waals surface area contributed by atoms with Crippen molar-refractivity contribution in [2.75, 3.05) is 13.1 Å². The van der Waals surface area contributed by atoms with E-state index in [0.29, 0.717) is 0 Å². The van der Waals surface area contributed by atoms with Gasteiger partial charge in [0.1, 0.15) is 0 Å². The van der Waals surface area contributed by atoms with Crippen molar-refractivity contribution in [3.63, 3.8) is 0 Å². The third-order valence-corrected chi connectivity index (χ3v) is 4.21. The second kappa shape index (κ2) is 6.92. The number of halogens is 1. The van der Waals surface area contributed by atoms with Crippen LogP contribution in [0, 0.1) is 3.57 Å². The van der Waals surface area contributed by atoms with Crippen LogP contribution in [0.5, 0.6) is 0 Å². The summed E-state index contributed by atoms with van der Waals surface area (Å²) in [6, 6.07) is 8.10. The molecule has 0 aromatic heterocycles. The van der Waals surface area contributed by atoms with Crippen molar-refractivity contribution in [3.8, 4) is 0 Å². The zero-order chi connectivity index (χ0) is 12.8. The SMILES string of the molecule is O=C(/C=C/c1ccccc1I)N1CCCCCC1. The molecule has 0 spiro atoms. The molecule has 1 aromatic carbocycles. The van der Waals surface area contributed by atoms with Crippen LogP contribution in [0.4, 0.5) is 0 Å². The molecular formula is C15H18INO. The first-order valence-electron chi connectivity index (χ1n) is 6.49. The molecule has 2 rings (SSSR count). The molecule has 0 atom stereocenters. The standard InChI is InChI=1S/C15H18INO/c16-14-8-4-3-7-13(14)9-10-15(18)17-11-5-1-2-6-12-17/h3-4,7-10H,1-2,5-6,11-12H2/b10-9+. The van der Waals surface area contributed by atoms with Crippen LogP contribution in [0.2, 0.25) is 0 Å². The molecule has 1 heterocycles. The van der Waals surface area contributed by atoms with E-state index < -0.39 is 0 Å². The van der Waals surface area contributed by atoms with Crippen molar-refractivity contribution in [2.24, 2.45) is 0 Å². The average molecular weight is 355 g/mol. The van der Waals surface area contributed by atoms with Crippen LogP contribution in [-0.2, 0) is 4.79 Å². The quantitative estimate of drug-likeness (QED) is 0.585. The highest BCUT2D eigenvalue weighted by molar-refractivity contribution is 14.1. The van der Waals surface area contributed by atoms with Gasteiger partial charge in [-0.15, -0.1) is 0 Å². The van der Waals surface area contributed by atoms with Gasteiger partial charge in [-0.2, -0.15) is 0 Å². The zero-order valence-electron chi connectivity index (χ0n) is 10.4. The molecule has 0 aliphatic carbocycles. The number of carbonyl (C=O) groups is 1. The van der Waals surface area contributed by atoms with Crippen LogP contribution < -0.4 is 0 Å². The Morgan fingerprint density at radius 3 is 2.44 bits per heavy atom. The van der Waals surface area contributed by atoms with Gasteiger partial charge in [0.2, 0.25) is 5.91 Å². The fourth-order valence-electron chi connectivity index (χ4n) is 2.17. The van der Waals surface area contributed by atoms with Gasteiger partial charge in [-0.25, -0.2) is 0 Å². The summed E-state index contributed by atoms with van der Waals surface area (Å²) in [4.78, 5) is 14.0. The molecule has 1 amide bonds. The minimum absolute atomic E-state index is 0.150. The van der Waals surface area contributed by atoms with Gasteiger partial charge in [0.25, 0.3) is 0 Å². The van der Waals surface area contributed by atoms with Gasteiger partial charge in [0.15, 0.2) is 0 Å². The fraction of sp³-hybridized carbons (Fsp3) is 0.400. The lowest BCUT2D eigenvalue weighted by atomic mass is 10.2. The smallest absolute Gasteiger partial charge is 0.246 e. The van der Waals surface area contributed by atoms with Gasteiger partial charge in [-0.1, -0.05) is 31.0 Å².